The molecule has 3 heterocycles. The van der Waals surface area contributed by atoms with Crippen molar-refractivity contribution in [3.05, 3.63) is 30.9 Å². The van der Waals surface area contributed by atoms with Crippen LogP contribution in [0.25, 0.3) is 16.9 Å². The fraction of sp³-hybridized carbons (Fsp3) is 0.250. The second-order valence-corrected chi connectivity index (χ2v) is 7.76. The number of hydrogen-bond donors (Lipinski definition) is 0. The number of fused-ring (bicyclic) bond motifs is 1. The smallest absolute Gasteiger partial charge is 0.198 e. The highest BCUT2D eigenvalue weighted by Crippen LogP contribution is 2.44. The van der Waals surface area contributed by atoms with Gasteiger partial charge in [-0.3, -0.25) is 0 Å². The van der Waals surface area contributed by atoms with E-state index in [4.69, 9.17) is 46.4 Å². The van der Waals surface area contributed by atoms with Crippen LogP contribution in [0.2, 0.25) is 19.0 Å². The van der Waals surface area contributed by atoms with Crippen molar-refractivity contribution in [2.24, 2.45) is 0 Å². The zero-order valence-electron chi connectivity index (χ0n) is 10.3. The molecular formula is C12H6Cl4N4S. The van der Waals surface area contributed by atoms with E-state index in [2.05, 4.69) is 15.1 Å². The summed E-state index contributed by atoms with van der Waals surface area (Å²) >= 11 is 26.1. The first-order valence-corrected chi connectivity index (χ1v) is 8.44. The molecule has 0 unspecified atom stereocenters. The quantitative estimate of drug-likeness (QED) is 0.564. The van der Waals surface area contributed by atoms with Crippen molar-refractivity contribution in [1.29, 1.82) is 0 Å². The van der Waals surface area contributed by atoms with Crippen LogP contribution in [0.15, 0.2) is 6.07 Å². The van der Waals surface area contributed by atoms with E-state index in [9.17, 15) is 0 Å². The van der Waals surface area contributed by atoms with E-state index < -0.39 is 0 Å². The van der Waals surface area contributed by atoms with E-state index in [0.29, 0.717) is 36.6 Å². The lowest BCUT2D eigenvalue weighted by Gasteiger charge is -2.06. The van der Waals surface area contributed by atoms with Gasteiger partial charge in [-0.05, 0) is 18.9 Å². The molecule has 21 heavy (non-hydrogen) atoms. The fourth-order valence-electron chi connectivity index (χ4n) is 2.11. The Morgan fingerprint density at radius 1 is 1.14 bits per heavy atom. The molecule has 3 aromatic heterocycles. The van der Waals surface area contributed by atoms with Gasteiger partial charge in [0.1, 0.15) is 14.6 Å². The SMILES string of the molecule is Clc1cc(-c2c(Cl)nc3nc(C4CC4)nn3c2Cl)c(Cl)s1. The highest BCUT2D eigenvalue weighted by Gasteiger charge is 2.29. The highest BCUT2D eigenvalue weighted by atomic mass is 35.5. The van der Waals surface area contributed by atoms with Crippen LogP contribution in [0.3, 0.4) is 0 Å². The molecular weight excluding hydrogens is 374 g/mol. The van der Waals surface area contributed by atoms with Crippen LogP contribution in [0, 0.1) is 0 Å². The molecule has 0 aromatic carbocycles. The predicted molar refractivity (Wildman–Crippen MR) is 86.1 cm³/mol. The van der Waals surface area contributed by atoms with Gasteiger partial charge in [-0.1, -0.05) is 46.4 Å². The van der Waals surface area contributed by atoms with Gasteiger partial charge in [0.25, 0.3) is 5.78 Å². The first kappa shape index (κ1) is 14.0. The molecule has 0 radical (unpaired) electrons. The molecule has 0 saturated heterocycles. The number of aromatic nitrogens is 4. The van der Waals surface area contributed by atoms with Gasteiger partial charge in [0.15, 0.2) is 5.82 Å². The Bertz CT molecular complexity index is 868. The minimum absolute atomic E-state index is 0.235. The summed E-state index contributed by atoms with van der Waals surface area (Å²) < 4.78 is 2.56. The van der Waals surface area contributed by atoms with Crippen molar-refractivity contribution in [2.45, 2.75) is 18.8 Å². The first-order valence-electron chi connectivity index (χ1n) is 6.11. The van der Waals surface area contributed by atoms with Gasteiger partial charge < -0.3 is 0 Å². The van der Waals surface area contributed by atoms with E-state index in [0.717, 1.165) is 18.7 Å². The molecule has 9 heteroatoms. The number of hydrogen-bond acceptors (Lipinski definition) is 4. The average molecular weight is 380 g/mol. The van der Waals surface area contributed by atoms with Crippen LogP contribution < -0.4 is 0 Å². The van der Waals surface area contributed by atoms with Gasteiger partial charge in [-0.25, -0.2) is 0 Å². The van der Waals surface area contributed by atoms with Crippen LogP contribution >= 0.6 is 57.7 Å². The maximum absolute atomic E-state index is 6.44. The second-order valence-electron chi connectivity index (χ2n) is 4.76. The maximum Gasteiger partial charge on any atom is 0.255 e. The van der Waals surface area contributed by atoms with Crippen molar-refractivity contribution in [1.82, 2.24) is 19.6 Å². The molecule has 0 bridgehead atoms. The third-order valence-corrected chi connectivity index (χ3v) is 5.38. The Labute approximate surface area is 143 Å². The Kier molecular flexibility index (Phi) is 3.32. The molecule has 0 spiro atoms. The Morgan fingerprint density at radius 3 is 2.52 bits per heavy atom. The molecule has 4 rings (SSSR count). The van der Waals surface area contributed by atoms with E-state index >= 15 is 0 Å². The van der Waals surface area contributed by atoms with E-state index in [1.807, 2.05) is 0 Å². The predicted octanol–water partition coefficient (Wildman–Crippen LogP) is 5.34. The largest absolute Gasteiger partial charge is 0.255 e. The van der Waals surface area contributed by atoms with E-state index in [-0.39, 0.29) is 5.15 Å². The number of nitrogens with zero attached hydrogens (tertiary/aromatic N) is 4. The minimum Gasteiger partial charge on any atom is -0.198 e. The number of halogens is 4. The number of rotatable bonds is 2. The summed E-state index contributed by atoms with van der Waals surface area (Å²) in [6, 6.07) is 1.72. The van der Waals surface area contributed by atoms with Crippen LogP contribution in [0.4, 0.5) is 0 Å². The lowest BCUT2D eigenvalue weighted by Crippen LogP contribution is -1.97. The summed E-state index contributed by atoms with van der Waals surface area (Å²) in [4.78, 5) is 8.64. The molecule has 1 fully saturated rings. The first-order chi connectivity index (χ1) is 10.0. The topological polar surface area (TPSA) is 43.1 Å². The van der Waals surface area contributed by atoms with E-state index in [1.54, 1.807) is 6.07 Å². The van der Waals surface area contributed by atoms with Crippen LogP contribution in [0.5, 0.6) is 0 Å². The highest BCUT2D eigenvalue weighted by molar-refractivity contribution is 7.20. The van der Waals surface area contributed by atoms with Gasteiger partial charge in [0, 0.05) is 11.5 Å². The summed E-state index contributed by atoms with van der Waals surface area (Å²) in [5, 5.41) is 4.99. The summed E-state index contributed by atoms with van der Waals surface area (Å²) in [7, 11) is 0. The third kappa shape index (κ3) is 2.32. The van der Waals surface area contributed by atoms with E-state index in [1.165, 1.54) is 15.9 Å². The zero-order chi connectivity index (χ0) is 14.7. The molecule has 0 atom stereocenters. The van der Waals surface area contributed by atoms with Gasteiger partial charge in [-0.15, -0.1) is 16.4 Å². The fourth-order valence-corrected chi connectivity index (χ4v) is 4.20. The molecule has 0 N–H and O–H groups in total. The lowest BCUT2D eigenvalue weighted by atomic mass is 10.2. The molecule has 0 amide bonds. The normalized spacial score (nSPS) is 15.0. The lowest BCUT2D eigenvalue weighted by molar-refractivity contribution is 0.874. The minimum atomic E-state index is 0.235. The third-order valence-electron chi connectivity index (χ3n) is 3.27. The van der Waals surface area contributed by atoms with Crippen molar-refractivity contribution < 1.29 is 0 Å². The Hall–Kier alpha value is -0.590. The summed E-state index contributed by atoms with van der Waals surface area (Å²) in [5.41, 5.74) is 1.17. The molecule has 0 aliphatic heterocycles. The van der Waals surface area contributed by atoms with Crippen molar-refractivity contribution in [3.63, 3.8) is 0 Å². The molecule has 3 aromatic rings. The van der Waals surface area contributed by atoms with Crippen molar-refractivity contribution >= 4 is 63.5 Å². The standard InChI is InChI=1S/C12H6Cl4N4S/c13-6-3-5(10(16)21-6)7-8(14)17-12-18-11(4-1-2-4)19-20(12)9(7)15/h3-4H,1-2H2. The summed E-state index contributed by atoms with van der Waals surface area (Å²) in [5.74, 6) is 1.56. The molecule has 4 nitrogen and oxygen atoms in total. The van der Waals surface area contributed by atoms with Gasteiger partial charge >= 0.3 is 0 Å². The second kappa shape index (κ2) is 4.96. The molecule has 1 aliphatic rings. The maximum atomic E-state index is 6.44. The van der Waals surface area contributed by atoms with Crippen LogP contribution in [-0.4, -0.2) is 19.6 Å². The van der Waals surface area contributed by atoms with Gasteiger partial charge in [-0.2, -0.15) is 14.5 Å². The summed E-state index contributed by atoms with van der Waals surface area (Å²) in [6.45, 7) is 0. The zero-order valence-corrected chi connectivity index (χ0v) is 14.1. The number of thiophene rings is 1. The van der Waals surface area contributed by atoms with Gasteiger partial charge in [0.2, 0.25) is 0 Å². The Balaban J connectivity index is 1.98. The average Bonchev–Trinajstić information content (AvgIpc) is 3.10. The molecule has 1 saturated carbocycles. The molecule has 108 valence electrons. The summed E-state index contributed by atoms with van der Waals surface area (Å²) in [6.07, 6.45) is 2.20. The Morgan fingerprint density at radius 2 is 1.90 bits per heavy atom. The molecule has 1 aliphatic carbocycles. The van der Waals surface area contributed by atoms with Crippen molar-refractivity contribution in [3.8, 4) is 11.1 Å². The van der Waals surface area contributed by atoms with Gasteiger partial charge in [0.05, 0.1) is 9.90 Å². The van der Waals surface area contributed by atoms with Crippen molar-refractivity contribution in [2.75, 3.05) is 0 Å². The van der Waals surface area contributed by atoms with Crippen LogP contribution in [0.1, 0.15) is 24.6 Å². The van der Waals surface area contributed by atoms with Crippen LogP contribution in [-0.2, 0) is 0 Å². The monoisotopic (exact) mass is 378 g/mol.